The van der Waals surface area contributed by atoms with Crippen LogP contribution < -0.4 is 0 Å². The van der Waals surface area contributed by atoms with E-state index >= 15 is 0 Å². The summed E-state index contributed by atoms with van der Waals surface area (Å²) < 4.78 is 61.0. The lowest BCUT2D eigenvalue weighted by atomic mass is 10.1. The third-order valence-corrected chi connectivity index (χ3v) is 17.2. The second-order valence-corrected chi connectivity index (χ2v) is 27.6. The number of hydrogen-bond acceptors (Lipinski definition) is 14. The largest absolute Gasteiger partial charge is 0.472 e. The number of carbonyl (C=O) groups excluding carboxylic acids is 3. The molecule has 0 spiro atoms. The summed E-state index contributed by atoms with van der Waals surface area (Å²) in [4.78, 5) is 58.5. The second kappa shape index (κ2) is 71.5. The molecule has 0 bridgehead atoms. The Balaban J connectivity index is 4.54. The lowest BCUT2D eigenvalue weighted by Gasteiger charge is -2.21. The van der Waals surface area contributed by atoms with Gasteiger partial charge in [-0.15, -0.1) is 0 Å². The number of ether oxygens (including phenoxy) is 3. The van der Waals surface area contributed by atoms with Crippen molar-refractivity contribution in [2.75, 3.05) is 39.6 Å². The van der Waals surface area contributed by atoms with E-state index in [9.17, 15) is 43.5 Å². The molecule has 5 unspecified atom stereocenters. The molecule has 0 heterocycles. The number of rotatable bonds is 70. The number of aliphatic hydroxyl groups excluding tert-OH is 2. The fourth-order valence-electron chi connectivity index (χ4n) is 9.68. The van der Waals surface area contributed by atoms with Crippen LogP contribution >= 0.6 is 15.6 Å². The van der Waals surface area contributed by atoms with E-state index in [1.54, 1.807) is 0 Å². The first-order valence-corrected chi connectivity index (χ1v) is 40.5. The van der Waals surface area contributed by atoms with Crippen LogP contribution in [0, 0.1) is 0 Å². The standard InChI is InChI=1S/C79H134O16P2/c1-4-7-10-13-16-19-22-25-28-30-31-32-33-34-35-36-37-38-39-40-41-43-46-47-50-53-56-59-62-65-77(82)89-68-74(80)69-91-96(85,86)92-70-75(81)71-93-97(87,88)94-73-76(95-79(84)67-64-61-58-55-52-49-44-27-24-21-18-15-12-9-6-3)72-90-78(83)66-63-60-57-54-51-48-45-42-29-26-23-20-17-14-11-8-5-2/h7-8,10-11,16-17,19-20,25-29,31-32,34-35,37-38,44-45,48,74-76,80-81H,4-6,9,12-15,18,21-24,30,33,36,39-43,46-47,49-73H2,1-3H3,(H,85,86)(H,87,88)/b10-7-,11-8-,19-16-,20-17-,28-25-,29-26-,32-31-,35-34-,38-37-,44-27-,48-45-. The Morgan fingerprint density at radius 3 is 0.876 bits per heavy atom. The normalized spacial score (nSPS) is 14.8. The molecule has 0 aromatic heterocycles. The van der Waals surface area contributed by atoms with Gasteiger partial charge in [0.05, 0.1) is 26.4 Å². The molecule has 97 heavy (non-hydrogen) atoms. The van der Waals surface area contributed by atoms with Gasteiger partial charge in [-0.25, -0.2) is 9.13 Å². The van der Waals surface area contributed by atoms with E-state index in [2.05, 4.69) is 154 Å². The molecule has 18 heteroatoms. The maximum absolute atomic E-state index is 12.9. The fraction of sp³-hybridized carbons (Fsp3) is 0.684. The molecule has 0 fully saturated rings. The van der Waals surface area contributed by atoms with Gasteiger partial charge in [0.25, 0.3) is 0 Å². The van der Waals surface area contributed by atoms with E-state index in [0.29, 0.717) is 19.3 Å². The van der Waals surface area contributed by atoms with E-state index < -0.39 is 91.5 Å². The number of esters is 3. The predicted octanol–water partition coefficient (Wildman–Crippen LogP) is 21.5. The van der Waals surface area contributed by atoms with Gasteiger partial charge in [0, 0.05) is 19.3 Å². The summed E-state index contributed by atoms with van der Waals surface area (Å²) in [6.07, 6.45) is 85.0. The minimum atomic E-state index is -4.94. The average Bonchev–Trinajstić information content (AvgIpc) is 1.48. The number of hydrogen-bond donors (Lipinski definition) is 4. The fourth-order valence-corrected chi connectivity index (χ4v) is 11.3. The average molecular weight is 1400 g/mol. The van der Waals surface area contributed by atoms with Gasteiger partial charge < -0.3 is 34.2 Å². The summed E-state index contributed by atoms with van der Waals surface area (Å²) in [5.74, 6) is -1.62. The summed E-state index contributed by atoms with van der Waals surface area (Å²) >= 11 is 0. The van der Waals surface area contributed by atoms with Crippen molar-refractivity contribution >= 4 is 33.6 Å². The Labute approximate surface area is 588 Å². The van der Waals surface area contributed by atoms with E-state index in [0.717, 1.165) is 161 Å². The van der Waals surface area contributed by atoms with Crippen LogP contribution in [0.4, 0.5) is 0 Å². The third-order valence-electron chi connectivity index (χ3n) is 15.3. The monoisotopic (exact) mass is 1400 g/mol. The molecule has 0 aliphatic rings. The van der Waals surface area contributed by atoms with Crippen LogP contribution in [0.1, 0.15) is 290 Å². The molecule has 0 aromatic rings. The van der Waals surface area contributed by atoms with Crippen LogP contribution in [0.25, 0.3) is 0 Å². The minimum Gasteiger partial charge on any atom is -0.463 e. The number of unbranched alkanes of at least 4 members (excludes halogenated alkanes) is 25. The van der Waals surface area contributed by atoms with Gasteiger partial charge in [-0.2, -0.15) is 0 Å². The van der Waals surface area contributed by atoms with E-state index in [1.807, 2.05) is 0 Å². The molecule has 556 valence electrons. The van der Waals surface area contributed by atoms with Crippen molar-refractivity contribution in [2.24, 2.45) is 0 Å². The highest BCUT2D eigenvalue weighted by atomic mass is 31.2. The number of phosphoric ester groups is 2. The number of carbonyl (C=O) groups is 3. The van der Waals surface area contributed by atoms with Gasteiger partial charge in [0.15, 0.2) is 6.10 Å². The first-order valence-electron chi connectivity index (χ1n) is 37.5. The maximum atomic E-state index is 12.9. The van der Waals surface area contributed by atoms with E-state index in [4.69, 9.17) is 32.3 Å². The van der Waals surface area contributed by atoms with Crippen molar-refractivity contribution < 1.29 is 75.8 Å². The molecule has 4 N–H and O–H groups in total. The van der Waals surface area contributed by atoms with E-state index in [1.165, 1.54) is 70.6 Å². The molecule has 0 radical (unpaired) electrons. The number of aliphatic hydroxyl groups is 2. The van der Waals surface area contributed by atoms with Crippen LogP contribution in [0.5, 0.6) is 0 Å². The molecule has 0 saturated carbocycles. The molecule has 16 nitrogen and oxygen atoms in total. The SMILES string of the molecule is CC/C=C\C/C=C\C/C=C\C/C=C\C/C=C\C/C=C\CCCCCCCCCCCCC(=O)OCC(O)COP(=O)(O)OCC(O)COP(=O)(O)OCC(COC(=O)CCCCCC/C=C\C/C=C\C/C=C\C/C=C\CC)OC(=O)CCCCCCC/C=C\CCCCCCCC. The number of allylic oxidation sites excluding steroid dienone is 22. The molecule has 0 aromatic carbocycles. The van der Waals surface area contributed by atoms with Gasteiger partial charge >= 0.3 is 33.6 Å². The van der Waals surface area contributed by atoms with Gasteiger partial charge in [-0.1, -0.05) is 270 Å². The highest BCUT2D eigenvalue weighted by Gasteiger charge is 2.29. The van der Waals surface area contributed by atoms with Crippen LogP contribution in [-0.4, -0.2) is 95.9 Å². The topological polar surface area (TPSA) is 231 Å². The molecule has 0 saturated heterocycles. The second-order valence-electron chi connectivity index (χ2n) is 24.7. The van der Waals surface area contributed by atoms with Gasteiger partial charge in [-0.3, -0.25) is 32.5 Å². The Morgan fingerprint density at radius 2 is 0.546 bits per heavy atom. The molecule has 0 rings (SSSR count). The van der Waals surface area contributed by atoms with Gasteiger partial charge in [-0.05, 0) is 135 Å². The third kappa shape index (κ3) is 72.8. The minimum absolute atomic E-state index is 0.0870. The summed E-state index contributed by atoms with van der Waals surface area (Å²) in [7, 11) is -9.80. The zero-order chi connectivity index (χ0) is 70.9. The van der Waals surface area contributed by atoms with Gasteiger partial charge in [0.1, 0.15) is 25.4 Å². The van der Waals surface area contributed by atoms with Crippen molar-refractivity contribution in [1.82, 2.24) is 0 Å². The Bertz CT molecular complexity index is 2300. The van der Waals surface area contributed by atoms with Crippen molar-refractivity contribution in [1.29, 1.82) is 0 Å². The lowest BCUT2D eigenvalue weighted by Crippen LogP contribution is -2.30. The molecule has 0 aliphatic heterocycles. The summed E-state index contributed by atoms with van der Waals surface area (Å²) in [5.41, 5.74) is 0. The van der Waals surface area contributed by atoms with Crippen LogP contribution in [-0.2, 0) is 55.8 Å². The first kappa shape index (κ1) is 92.7. The molecule has 0 aliphatic carbocycles. The van der Waals surface area contributed by atoms with Crippen molar-refractivity contribution in [3.63, 3.8) is 0 Å². The van der Waals surface area contributed by atoms with Crippen molar-refractivity contribution in [3.05, 3.63) is 134 Å². The summed E-state index contributed by atoms with van der Waals surface area (Å²) in [5, 5.41) is 20.6. The first-order chi connectivity index (χ1) is 47.2. The zero-order valence-corrected chi connectivity index (χ0v) is 62.2. The van der Waals surface area contributed by atoms with Crippen LogP contribution in [0.15, 0.2) is 134 Å². The lowest BCUT2D eigenvalue weighted by molar-refractivity contribution is -0.161. The summed E-state index contributed by atoms with van der Waals surface area (Å²) in [6, 6.07) is 0. The van der Waals surface area contributed by atoms with Gasteiger partial charge in [0.2, 0.25) is 0 Å². The van der Waals surface area contributed by atoms with E-state index in [-0.39, 0.29) is 19.3 Å². The molecular weight excluding hydrogens is 1270 g/mol. The zero-order valence-electron chi connectivity index (χ0n) is 60.5. The molecule has 5 atom stereocenters. The van der Waals surface area contributed by atoms with Crippen molar-refractivity contribution in [3.8, 4) is 0 Å². The highest BCUT2D eigenvalue weighted by Crippen LogP contribution is 2.45. The maximum Gasteiger partial charge on any atom is 0.472 e. The number of phosphoric acid groups is 2. The Morgan fingerprint density at radius 1 is 0.299 bits per heavy atom. The molecular formula is C79H134O16P2. The molecule has 0 amide bonds. The Hall–Kier alpha value is -4.31. The quantitative estimate of drug-likeness (QED) is 0.0146. The van der Waals surface area contributed by atoms with Crippen LogP contribution in [0.3, 0.4) is 0 Å². The smallest absolute Gasteiger partial charge is 0.463 e. The van der Waals surface area contributed by atoms with Crippen LogP contribution in [0.2, 0.25) is 0 Å². The summed E-state index contributed by atoms with van der Waals surface area (Å²) in [6.45, 7) is 2.40. The Kier molecular flexibility index (Phi) is 68.3. The highest BCUT2D eigenvalue weighted by molar-refractivity contribution is 7.47. The van der Waals surface area contributed by atoms with Crippen molar-refractivity contribution in [2.45, 2.75) is 309 Å². The predicted molar refractivity (Wildman–Crippen MR) is 399 cm³/mol.